The van der Waals surface area contributed by atoms with Crippen LogP contribution in [0.25, 0.3) is 11.2 Å². The van der Waals surface area contributed by atoms with Gasteiger partial charge in [0.05, 0.1) is 12.9 Å². The molecule has 10 nitrogen and oxygen atoms in total. The zero-order valence-electron chi connectivity index (χ0n) is 15.0. The predicted molar refractivity (Wildman–Crippen MR) is 98.4 cm³/mol. The van der Waals surface area contributed by atoms with Crippen molar-refractivity contribution < 1.29 is 24.2 Å². The summed E-state index contributed by atoms with van der Waals surface area (Å²) in [5, 5.41) is 12.0. The van der Waals surface area contributed by atoms with E-state index in [9.17, 15) is 14.7 Å². The fourth-order valence-corrected chi connectivity index (χ4v) is 2.96. The molecule has 2 aromatic heterocycles. The smallest absolute Gasteiger partial charge is 0.306 e. The minimum atomic E-state index is -1.13. The molecule has 0 aromatic carbocycles. The summed E-state index contributed by atoms with van der Waals surface area (Å²) in [4.78, 5) is 35.9. The molecule has 0 bridgehead atoms. The maximum atomic E-state index is 12.3. The second-order valence-corrected chi connectivity index (χ2v) is 6.55. The quantitative estimate of drug-likeness (QED) is 0.386. The molecule has 1 aliphatic heterocycles. The largest absolute Gasteiger partial charge is 0.452 e. The number of esters is 1. The molecule has 1 fully saturated rings. The molecule has 2 N–H and O–H groups in total. The zero-order valence-corrected chi connectivity index (χ0v) is 15.8. The SMILES string of the molecule is C#CC(CO)(CCn1cnc2c(NC(=O)C3CCC(=O)O3)nc(Cl)nc21)OC. The van der Waals surface area contributed by atoms with E-state index in [2.05, 4.69) is 26.2 Å². The molecule has 0 aliphatic carbocycles. The van der Waals surface area contributed by atoms with Crippen LogP contribution in [0.2, 0.25) is 5.28 Å². The predicted octanol–water partition coefficient (Wildman–Crippen LogP) is 0.525. The van der Waals surface area contributed by atoms with Gasteiger partial charge in [0.2, 0.25) is 5.28 Å². The van der Waals surface area contributed by atoms with Gasteiger partial charge in [0, 0.05) is 32.9 Å². The Morgan fingerprint density at radius 1 is 1.61 bits per heavy atom. The summed E-state index contributed by atoms with van der Waals surface area (Å²) in [7, 11) is 1.42. The monoisotopic (exact) mass is 407 g/mol. The summed E-state index contributed by atoms with van der Waals surface area (Å²) in [6, 6.07) is 0. The Hall–Kier alpha value is -2.74. The number of carbonyl (C=O) groups is 2. The van der Waals surface area contributed by atoms with Gasteiger partial charge in [-0.1, -0.05) is 5.92 Å². The van der Waals surface area contributed by atoms with Crippen LogP contribution < -0.4 is 5.32 Å². The molecule has 0 radical (unpaired) electrons. The first-order valence-corrected chi connectivity index (χ1v) is 8.81. The first-order chi connectivity index (χ1) is 13.4. The molecule has 1 amide bonds. The third-order valence-corrected chi connectivity index (χ3v) is 4.69. The van der Waals surface area contributed by atoms with E-state index >= 15 is 0 Å². The Bertz CT molecular complexity index is 949. The Labute approximate surface area is 165 Å². The summed E-state index contributed by atoms with van der Waals surface area (Å²) in [5.74, 6) is 1.62. The number of nitrogens with zero attached hydrogens (tertiary/aromatic N) is 4. The van der Waals surface area contributed by atoms with Crippen LogP contribution in [-0.2, 0) is 25.6 Å². The van der Waals surface area contributed by atoms with E-state index in [4.69, 9.17) is 27.5 Å². The molecule has 0 saturated carbocycles. The van der Waals surface area contributed by atoms with Crippen LogP contribution in [0, 0.1) is 12.3 Å². The molecular formula is C17H18ClN5O5. The number of hydrogen-bond acceptors (Lipinski definition) is 8. The lowest BCUT2D eigenvalue weighted by Gasteiger charge is -2.24. The summed E-state index contributed by atoms with van der Waals surface area (Å²) in [6.45, 7) is -0.0140. The molecule has 1 aliphatic rings. The van der Waals surface area contributed by atoms with Crippen molar-refractivity contribution in [3.05, 3.63) is 11.6 Å². The number of fused-ring (bicyclic) bond motifs is 1. The van der Waals surface area contributed by atoms with E-state index in [0.29, 0.717) is 30.6 Å². The summed E-state index contributed by atoms with van der Waals surface area (Å²) in [5.41, 5.74) is -0.440. The van der Waals surface area contributed by atoms with Crippen molar-refractivity contribution in [2.24, 2.45) is 0 Å². The van der Waals surface area contributed by atoms with Crippen LogP contribution in [0.5, 0.6) is 0 Å². The minimum absolute atomic E-state index is 0.0925. The third-order valence-electron chi connectivity index (χ3n) is 4.52. The standard InChI is InChI=1S/C17H18ClN5O5/c1-3-17(8-24,27-2)6-7-23-9-19-12-13(21-16(18)22-14(12)23)20-15(26)10-4-5-11(25)28-10/h1,9-10,24H,4-8H2,2H3,(H,20,21,22,26). The number of imidazole rings is 1. The number of nitrogens with one attached hydrogen (secondary N) is 1. The first-order valence-electron chi connectivity index (χ1n) is 8.44. The van der Waals surface area contributed by atoms with E-state index in [1.54, 1.807) is 4.57 Å². The normalized spacial score (nSPS) is 18.5. The number of rotatable bonds is 7. The molecule has 2 aromatic rings. The van der Waals surface area contributed by atoms with E-state index in [1.807, 2.05) is 0 Å². The summed E-state index contributed by atoms with van der Waals surface area (Å²) < 4.78 is 11.8. The van der Waals surface area contributed by atoms with E-state index in [1.165, 1.54) is 13.4 Å². The first kappa shape index (κ1) is 20.0. The summed E-state index contributed by atoms with van der Waals surface area (Å²) >= 11 is 5.99. The van der Waals surface area contributed by atoms with Gasteiger partial charge in [-0.15, -0.1) is 6.42 Å². The van der Waals surface area contributed by atoms with Crippen molar-refractivity contribution >= 4 is 40.5 Å². The Balaban J connectivity index is 1.83. The van der Waals surface area contributed by atoms with Gasteiger partial charge in [-0.25, -0.2) is 4.98 Å². The van der Waals surface area contributed by atoms with Crippen molar-refractivity contribution in [3.8, 4) is 12.3 Å². The molecule has 2 unspecified atom stereocenters. The highest BCUT2D eigenvalue weighted by Crippen LogP contribution is 2.24. The molecular weight excluding hydrogens is 390 g/mol. The molecule has 3 heterocycles. The van der Waals surface area contributed by atoms with Crippen LogP contribution in [0.1, 0.15) is 19.3 Å². The molecule has 2 atom stereocenters. The number of ether oxygens (including phenoxy) is 2. The van der Waals surface area contributed by atoms with E-state index < -0.39 is 23.6 Å². The topological polar surface area (TPSA) is 128 Å². The zero-order chi connectivity index (χ0) is 20.3. The number of aliphatic hydroxyl groups excluding tert-OH is 1. The van der Waals surface area contributed by atoms with Crippen LogP contribution in [-0.4, -0.2) is 61.9 Å². The number of carbonyl (C=O) groups excluding carboxylic acids is 2. The average molecular weight is 408 g/mol. The van der Waals surface area contributed by atoms with Gasteiger partial charge in [0.25, 0.3) is 5.91 Å². The maximum Gasteiger partial charge on any atom is 0.306 e. The number of cyclic esters (lactones) is 1. The fourth-order valence-electron chi connectivity index (χ4n) is 2.80. The van der Waals surface area contributed by atoms with Crippen molar-refractivity contribution in [2.45, 2.75) is 37.5 Å². The fraction of sp³-hybridized carbons (Fsp3) is 0.471. The van der Waals surface area contributed by atoms with Crippen LogP contribution in [0.3, 0.4) is 0 Å². The molecule has 0 spiro atoms. The van der Waals surface area contributed by atoms with Gasteiger partial charge in [0.15, 0.2) is 28.7 Å². The van der Waals surface area contributed by atoms with E-state index in [-0.39, 0.29) is 24.1 Å². The molecule has 1 saturated heterocycles. The number of methoxy groups -OCH3 is 1. The highest BCUT2D eigenvalue weighted by molar-refractivity contribution is 6.28. The Morgan fingerprint density at radius 3 is 3.00 bits per heavy atom. The van der Waals surface area contributed by atoms with Gasteiger partial charge < -0.3 is 24.5 Å². The van der Waals surface area contributed by atoms with Gasteiger partial charge in [-0.3, -0.25) is 9.59 Å². The maximum absolute atomic E-state index is 12.3. The lowest BCUT2D eigenvalue weighted by molar-refractivity contribution is -0.146. The lowest BCUT2D eigenvalue weighted by atomic mass is 10.0. The Kier molecular flexibility index (Phi) is 5.79. The van der Waals surface area contributed by atoms with E-state index in [0.717, 1.165) is 0 Å². The number of aliphatic hydroxyl groups is 1. The van der Waals surface area contributed by atoms with Gasteiger partial charge in [0.1, 0.15) is 0 Å². The van der Waals surface area contributed by atoms with Gasteiger partial charge in [-0.05, 0) is 11.6 Å². The number of amides is 1. The third kappa shape index (κ3) is 3.91. The number of aromatic nitrogens is 4. The molecule has 28 heavy (non-hydrogen) atoms. The van der Waals surface area contributed by atoms with Crippen LogP contribution in [0.15, 0.2) is 6.33 Å². The number of terminal acetylenes is 1. The second-order valence-electron chi connectivity index (χ2n) is 6.21. The van der Waals surface area contributed by atoms with Crippen molar-refractivity contribution in [2.75, 3.05) is 19.0 Å². The average Bonchev–Trinajstić information content (AvgIpc) is 3.30. The number of hydrogen-bond donors (Lipinski definition) is 2. The van der Waals surface area contributed by atoms with Gasteiger partial charge >= 0.3 is 5.97 Å². The summed E-state index contributed by atoms with van der Waals surface area (Å²) in [6.07, 6.45) is 6.87. The van der Waals surface area contributed by atoms with Crippen LogP contribution >= 0.6 is 11.6 Å². The van der Waals surface area contributed by atoms with Crippen molar-refractivity contribution in [1.29, 1.82) is 0 Å². The number of halogens is 1. The van der Waals surface area contributed by atoms with Crippen molar-refractivity contribution in [3.63, 3.8) is 0 Å². The lowest BCUT2D eigenvalue weighted by Crippen LogP contribution is -2.35. The Morgan fingerprint density at radius 2 is 2.39 bits per heavy atom. The molecule has 3 rings (SSSR count). The second kappa shape index (κ2) is 8.10. The highest BCUT2D eigenvalue weighted by atomic mass is 35.5. The molecule has 11 heteroatoms. The van der Waals surface area contributed by atoms with Crippen molar-refractivity contribution in [1.82, 2.24) is 19.5 Å². The number of anilines is 1. The highest BCUT2D eigenvalue weighted by Gasteiger charge is 2.31. The van der Waals surface area contributed by atoms with Crippen LogP contribution in [0.4, 0.5) is 5.82 Å². The molecule has 148 valence electrons. The minimum Gasteiger partial charge on any atom is -0.452 e. The van der Waals surface area contributed by atoms with Gasteiger partial charge in [-0.2, -0.15) is 9.97 Å². The number of aryl methyl sites for hydroxylation is 1.